The molecule has 0 atom stereocenters. The fourth-order valence-corrected chi connectivity index (χ4v) is 0. The molecule has 0 amide bonds. The largest absolute Gasteiger partial charge is 3.00 e. The van der Waals surface area contributed by atoms with E-state index in [0.29, 0.717) is 0 Å². The third-order valence-corrected chi connectivity index (χ3v) is 0. The summed E-state index contributed by atoms with van der Waals surface area (Å²) in [5, 5.41) is 18.8. The van der Waals surface area contributed by atoms with Crippen LogP contribution >= 0.6 is 0 Å². The third-order valence-electron chi connectivity index (χ3n) is 0. The summed E-state index contributed by atoms with van der Waals surface area (Å²) >= 11 is 0. The maximum Gasteiger partial charge on any atom is 3.00 e. The first-order valence-electron chi connectivity index (χ1n) is 0.671. The van der Waals surface area contributed by atoms with Crippen molar-refractivity contribution >= 4 is 0 Å². The van der Waals surface area contributed by atoms with Gasteiger partial charge in [0.1, 0.15) is 0 Å². The van der Waals surface area contributed by atoms with Crippen molar-refractivity contribution in [3.63, 3.8) is 0 Å². The molecule has 6 N–H and O–H groups in total. The first-order chi connectivity index (χ1) is 3.00. The van der Waals surface area contributed by atoms with E-state index in [1.807, 2.05) is 0 Å². The van der Waals surface area contributed by atoms with E-state index in [-0.39, 0.29) is 35.9 Å². The first-order valence-corrected chi connectivity index (χ1v) is 0.671. The zero-order valence-electron chi connectivity index (χ0n) is 4.70. The molecule has 0 aromatic rings. The van der Waals surface area contributed by atoms with Crippen molar-refractivity contribution in [1.29, 1.82) is 15.8 Å². The zero-order valence-corrected chi connectivity index (χ0v) is 6.43. The SMILES string of the molecule is O.O.O.[C-]#N.[C-]#N.[C-]#N.[Ru+3]. The van der Waals surface area contributed by atoms with Crippen LogP contribution < -0.4 is 0 Å². The fourth-order valence-electron chi connectivity index (χ4n) is 0. The van der Waals surface area contributed by atoms with E-state index in [9.17, 15) is 0 Å². The van der Waals surface area contributed by atoms with E-state index < -0.39 is 0 Å². The topological polar surface area (TPSA) is 166 Å². The van der Waals surface area contributed by atoms with Crippen LogP contribution in [-0.4, -0.2) is 16.4 Å². The van der Waals surface area contributed by atoms with Crippen LogP contribution in [0.25, 0.3) is 0 Å². The van der Waals surface area contributed by atoms with Crippen molar-refractivity contribution in [1.82, 2.24) is 0 Å². The van der Waals surface area contributed by atoms with Crippen molar-refractivity contribution in [3.05, 3.63) is 19.7 Å². The first kappa shape index (κ1) is 146. The molecule has 0 unspecified atom stereocenters. The molecule has 7 heteroatoms. The third kappa shape index (κ3) is 236. The van der Waals surface area contributed by atoms with Gasteiger partial charge >= 0.3 is 19.5 Å². The van der Waals surface area contributed by atoms with Crippen molar-refractivity contribution in [2.45, 2.75) is 0 Å². The number of hydrogen-bond acceptors (Lipinski definition) is 3. The summed E-state index contributed by atoms with van der Waals surface area (Å²) in [6.07, 6.45) is 0. The quantitative estimate of drug-likeness (QED) is 0.343. The Morgan fingerprint density at radius 3 is 0.500 bits per heavy atom. The van der Waals surface area contributed by atoms with Crippen LogP contribution in [0.3, 0.4) is 0 Å². The predicted molar refractivity (Wildman–Crippen MR) is 25.7 cm³/mol. The van der Waals surface area contributed by atoms with E-state index in [0.717, 1.165) is 0 Å². The Hall–Kier alpha value is -1.03. The Morgan fingerprint density at radius 2 is 0.500 bits per heavy atom. The summed E-state index contributed by atoms with van der Waals surface area (Å²) in [6, 6.07) is 0. The second kappa shape index (κ2) is 368. The van der Waals surface area contributed by atoms with E-state index in [4.69, 9.17) is 35.5 Å². The average Bonchev–Trinajstić information content (AvgIpc) is 1.81. The Bertz CT molecular complexity index is 47.5. The van der Waals surface area contributed by atoms with Crippen molar-refractivity contribution in [3.8, 4) is 0 Å². The minimum absolute atomic E-state index is 0. The van der Waals surface area contributed by atoms with Gasteiger partial charge in [0.2, 0.25) is 0 Å². The van der Waals surface area contributed by atoms with Gasteiger partial charge in [-0.05, 0) is 0 Å². The predicted octanol–water partition coefficient (Wildman–Crippen LogP) is -2.19. The van der Waals surface area contributed by atoms with E-state index >= 15 is 0 Å². The van der Waals surface area contributed by atoms with Gasteiger partial charge in [-0.3, -0.25) is 0 Å². The van der Waals surface area contributed by atoms with Gasteiger partial charge in [0.25, 0.3) is 0 Å². The molecule has 0 aromatic carbocycles. The molecule has 10 heavy (non-hydrogen) atoms. The fraction of sp³-hybridized carbons (Fsp3) is 0. The van der Waals surface area contributed by atoms with Crippen molar-refractivity contribution in [2.75, 3.05) is 0 Å². The summed E-state index contributed by atoms with van der Waals surface area (Å²) < 4.78 is 0. The van der Waals surface area contributed by atoms with E-state index in [1.165, 1.54) is 0 Å². The molecule has 0 aliphatic heterocycles. The summed E-state index contributed by atoms with van der Waals surface area (Å²) in [5.74, 6) is 0. The van der Waals surface area contributed by atoms with Gasteiger partial charge in [0.15, 0.2) is 0 Å². The molecular formula is C3H6N3O3Ru. The van der Waals surface area contributed by atoms with Crippen LogP contribution in [0, 0.1) is 35.5 Å². The molecule has 59 valence electrons. The van der Waals surface area contributed by atoms with Crippen LogP contribution in [-0.2, 0) is 19.5 Å². The summed E-state index contributed by atoms with van der Waals surface area (Å²) in [7, 11) is 0. The number of rotatable bonds is 0. The van der Waals surface area contributed by atoms with Crippen LogP contribution in [0.2, 0.25) is 0 Å². The summed E-state index contributed by atoms with van der Waals surface area (Å²) in [6.45, 7) is 14.2. The maximum atomic E-state index is 6.25. The number of nitrogens with zero attached hydrogens (tertiary/aromatic N) is 3. The molecule has 0 saturated heterocycles. The van der Waals surface area contributed by atoms with Gasteiger partial charge in [0.05, 0.1) is 0 Å². The Labute approximate surface area is 72.0 Å². The second-order valence-electron chi connectivity index (χ2n) is 0. The zero-order chi connectivity index (χ0) is 6.00. The van der Waals surface area contributed by atoms with Gasteiger partial charge in [-0.1, -0.05) is 0 Å². The van der Waals surface area contributed by atoms with E-state index in [2.05, 4.69) is 0 Å². The van der Waals surface area contributed by atoms with Gasteiger partial charge in [-0.15, -0.1) is 0 Å². The van der Waals surface area contributed by atoms with Crippen LogP contribution in [0.15, 0.2) is 0 Å². The molecule has 0 aliphatic carbocycles. The smallest absolute Gasteiger partial charge is 0.512 e. The van der Waals surface area contributed by atoms with Gasteiger partial charge in [-0.2, -0.15) is 0 Å². The van der Waals surface area contributed by atoms with Crippen LogP contribution in [0.1, 0.15) is 0 Å². The molecule has 1 radical (unpaired) electrons. The van der Waals surface area contributed by atoms with E-state index in [1.54, 1.807) is 0 Å². The van der Waals surface area contributed by atoms with Crippen molar-refractivity contribution in [2.24, 2.45) is 0 Å². The molecule has 6 nitrogen and oxygen atoms in total. The molecule has 0 fully saturated rings. The second-order valence-corrected chi connectivity index (χ2v) is 0. The van der Waals surface area contributed by atoms with Crippen molar-refractivity contribution < 1.29 is 35.9 Å². The Morgan fingerprint density at radius 1 is 0.500 bits per heavy atom. The standard InChI is InChI=1S/3CN.3H2O.Ru/c3*1-2;;;;/h;;;3*1H2;/q3*-1;;;;+3. The molecule has 0 rings (SSSR count). The Balaban J connectivity index is -0.00000000225. The molecule has 0 spiro atoms. The summed E-state index contributed by atoms with van der Waals surface area (Å²) in [5.41, 5.74) is 0. The van der Waals surface area contributed by atoms with Crippen LogP contribution in [0.4, 0.5) is 0 Å². The molecule has 0 heterocycles. The normalized spacial score (nSPS) is 0.600. The average molecular weight is 233 g/mol. The Kier molecular flexibility index (Phi) is 5390. The maximum absolute atomic E-state index is 6.25. The van der Waals surface area contributed by atoms with Crippen LogP contribution in [0.5, 0.6) is 0 Å². The molecule has 0 bridgehead atoms. The molecule has 0 aliphatic rings. The molecule has 0 aromatic heterocycles. The summed E-state index contributed by atoms with van der Waals surface area (Å²) in [4.78, 5) is 0. The molecule has 0 saturated carbocycles. The van der Waals surface area contributed by atoms with Gasteiger partial charge in [0, 0.05) is 0 Å². The van der Waals surface area contributed by atoms with Gasteiger partial charge < -0.3 is 51.9 Å². The monoisotopic (exact) mass is 234 g/mol. The minimum atomic E-state index is 0. The molecular weight excluding hydrogens is 227 g/mol. The number of hydrogen-bond donors (Lipinski definition) is 0. The van der Waals surface area contributed by atoms with Gasteiger partial charge in [-0.25, -0.2) is 0 Å². The minimum Gasteiger partial charge on any atom is -0.512 e.